The van der Waals surface area contributed by atoms with E-state index in [0.717, 1.165) is 12.8 Å². The van der Waals surface area contributed by atoms with Crippen molar-refractivity contribution < 1.29 is 19.0 Å². The summed E-state index contributed by atoms with van der Waals surface area (Å²) >= 11 is 0. The first kappa shape index (κ1) is 14.7. The van der Waals surface area contributed by atoms with Crippen LogP contribution in [0.25, 0.3) is 0 Å². The van der Waals surface area contributed by atoms with Crippen molar-refractivity contribution in [2.75, 3.05) is 7.11 Å². The summed E-state index contributed by atoms with van der Waals surface area (Å²) in [5.74, 6) is 0.719. The lowest BCUT2D eigenvalue weighted by atomic mass is 9.53. The van der Waals surface area contributed by atoms with E-state index in [4.69, 9.17) is 14.2 Å². The Bertz CT molecular complexity index is 553. The van der Waals surface area contributed by atoms with Gasteiger partial charge in [-0.25, -0.2) is 0 Å². The van der Waals surface area contributed by atoms with Gasteiger partial charge in [0.05, 0.1) is 24.7 Å². The Labute approximate surface area is 132 Å². The fourth-order valence-electron chi connectivity index (χ4n) is 5.68. The fraction of sp³-hybridized carbons (Fsp3) is 0.833. The molecule has 4 heteroatoms. The third-order valence-electron chi connectivity index (χ3n) is 6.64. The lowest BCUT2D eigenvalue weighted by Crippen LogP contribution is -2.57. The maximum Gasteiger partial charge on any atom is 0.311 e. The molecule has 2 saturated carbocycles. The van der Waals surface area contributed by atoms with Gasteiger partial charge in [0.25, 0.3) is 0 Å². The first-order chi connectivity index (χ1) is 10.2. The lowest BCUT2D eigenvalue weighted by molar-refractivity contribution is -0.156. The van der Waals surface area contributed by atoms with Crippen LogP contribution in [0.2, 0.25) is 0 Å². The summed E-state index contributed by atoms with van der Waals surface area (Å²) in [5.41, 5.74) is -0.423. The molecule has 2 bridgehead atoms. The highest BCUT2D eigenvalue weighted by atomic mass is 16.8. The zero-order valence-corrected chi connectivity index (χ0v) is 14.1. The van der Waals surface area contributed by atoms with Gasteiger partial charge in [-0.3, -0.25) is 4.79 Å². The first-order valence-corrected chi connectivity index (χ1v) is 8.34. The molecule has 1 aliphatic heterocycles. The van der Waals surface area contributed by atoms with Crippen LogP contribution in [0.15, 0.2) is 12.2 Å². The molecule has 4 nitrogen and oxygen atoms in total. The van der Waals surface area contributed by atoms with Crippen LogP contribution in [0, 0.1) is 28.6 Å². The number of esters is 1. The Morgan fingerprint density at radius 1 is 1.18 bits per heavy atom. The second kappa shape index (κ2) is 4.15. The summed E-state index contributed by atoms with van der Waals surface area (Å²) in [6.07, 6.45) is 6.63. The zero-order chi connectivity index (χ0) is 15.9. The second-order valence-electron chi connectivity index (χ2n) is 8.55. The molecule has 0 amide bonds. The normalized spacial score (nSPS) is 54.1. The van der Waals surface area contributed by atoms with Crippen LogP contribution >= 0.6 is 0 Å². The number of ether oxygens (including phenoxy) is 3. The van der Waals surface area contributed by atoms with Crippen LogP contribution in [-0.4, -0.2) is 31.1 Å². The molecule has 0 N–H and O–H groups in total. The van der Waals surface area contributed by atoms with Gasteiger partial charge in [-0.2, -0.15) is 0 Å². The van der Waals surface area contributed by atoms with Gasteiger partial charge in [0.1, 0.15) is 0 Å². The van der Waals surface area contributed by atoms with E-state index < -0.39 is 5.79 Å². The molecule has 0 spiro atoms. The molecule has 0 aromatic heterocycles. The molecule has 7 atom stereocenters. The molecule has 5 rings (SSSR count). The maximum atomic E-state index is 12.3. The molecular formula is C18H26O4. The average Bonchev–Trinajstić information content (AvgIpc) is 2.97. The number of hydrogen-bond acceptors (Lipinski definition) is 4. The molecular weight excluding hydrogens is 280 g/mol. The molecule has 0 unspecified atom stereocenters. The van der Waals surface area contributed by atoms with E-state index >= 15 is 0 Å². The van der Waals surface area contributed by atoms with Crippen molar-refractivity contribution in [2.45, 2.75) is 58.5 Å². The van der Waals surface area contributed by atoms with Crippen molar-refractivity contribution in [1.29, 1.82) is 0 Å². The van der Waals surface area contributed by atoms with Gasteiger partial charge >= 0.3 is 5.97 Å². The van der Waals surface area contributed by atoms with Crippen molar-refractivity contribution in [3.63, 3.8) is 0 Å². The molecule has 1 heterocycles. The molecule has 5 aliphatic rings. The molecule has 22 heavy (non-hydrogen) atoms. The van der Waals surface area contributed by atoms with E-state index in [1.54, 1.807) is 0 Å². The third kappa shape index (κ3) is 1.68. The summed E-state index contributed by atoms with van der Waals surface area (Å²) in [6, 6.07) is 0. The van der Waals surface area contributed by atoms with Crippen molar-refractivity contribution in [1.82, 2.24) is 0 Å². The summed E-state index contributed by atoms with van der Waals surface area (Å²) in [7, 11) is 1.49. The number of carbonyl (C=O) groups is 1. The minimum Gasteiger partial charge on any atom is -0.469 e. The van der Waals surface area contributed by atoms with Crippen LogP contribution < -0.4 is 0 Å². The van der Waals surface area contributed by atoms with Crippen molar-refractivity contribution in [3.8, 4) is 0 Å². The predicted molar refractivity (Wildman–Crippen MR) is 80.9 cm³/mol. The maximum absolute atomic E-state index is 12.3. The van der Waals surface area contributed by atoms with E-state index in [1.807, 2.05) is 13.8 Å². The smallest absolute Gasteiger partial charge is 0.311 e. The van der Waals surface area contributed by atoms with Crippen LogP contribution in [0.1, 0.15) is 40.5 Å². The van der Waals surface area contributed by atoms with E-state index in [2.05, 4.69) is 26.0 Å². The Hall–Kier alpha value is -0.870. The molecule has 4 aliphatic carbocycles. The minimum absolute atomic E-state index is 0.0519. The molecule has 1 saturated heterocycles. The molecule has 122 valence electrons. The van der Waals surface area contributed by atoms with Gasteiger partial charge in [-0.05, 0) is 45.4 Å². The highest BCUT2D eigenvalue weighted by molar-refractivity contribution is 5.76. The predicted octanol–water partition coefficient (Wildman–Crippen LogP) is 2.92. The Morgan fingerprint density at radius 3 is 2.59 bits per heavy atom. The van der Waals surface area contributed by atoms with E-state index in [-0.39, 0.29) is 29.0 Å². The van der Waals surface area contributed by atoms with Gasteiger partial charge in [0.2, 0.25) is 0 Å². The van der Waals surface area contributed by atoms with Crippen molar-refractivity contribution in [2.24, 2.45) is 28.6 Å². The Kier molecular flexibility index (Phi) is 2.77. The summed E-state index contributed by atoms with van der Waals surface area (Å²) in [4.78, 5) is 12.3. The summed E-state index contributed by atoms with van der Waals surface area (Å²) in [5, 5.41) is 0. The number of carbonyl (C=O) groups excluding carboxylic acids is 1. The summed E-state index contributed by atoms with van der Waals surface area (Å²) in [6.45, 7) is 8.34. The standard InChI is InChI=1S/C18H26O4/c1-16(2)21-13-10-6-7-18(4,14(13)22-16)12-9-17(3,8-11(10)12)15(19)20-5/h6-7,10-14H,8-9H2,1-5H3/t10-,11+,12+,13-,14-,17-,18+/m0/s1. The largest absolute Gasteiger partial charge is 0.469 e. The van der Waals surface area contributed by atoms with Crippen LogP contribution in [0.3, 0.4) is 0 Å². The van der Waals surface area contributed by atoms with Gasteiger partial charge < -0.3 is 14.2 Å². The summed E-state index contributed by atoms with van der Waals surface area (Å²) < 4.78 is 17.6. The number of hydrogen-bond donors (Lipinski definition) is 0. The van der Waals surface area contributed by atoms with Gasteiger partial charge in [0.15, 0.2) is 5.79 Å². The highest BCUT2D eigenvalue weighted by Crippen LogP contribution is 2.66. The van der Waals surface area contributed by atoms with Crippen LogP contribution in [-0.2, 0) is 19.0 Å². The SMILES string of the molecule is COC(=O)[C@@]1(C)C[C@@H]2[C@@H]3C=C[C@](C)([C@@H]2C1)[C@H]1OC(C)(C)O[C@@H]31. The van der Waals surface area contributed by atoms with E-state index in [0.29, 0.717) is 17.8 Å². The first-order valence-electron chi connectivity index (χ1n) is 8.34. The number of methoxy groups -OCH3 is 1. The molecule has 0 radical (unpaired) electrons. The Balaban J connectivity index is 1.71. The topological polar surface area (TPSA) is 44.8 Å². The molecule has 0 aromatic carbocycles. The van der Waals surface area contributed by atoms with E-state index in [1.165, 1.54) is 7.11 Å². The quantitative estimate of drug-likeness (QED) is 0.552. The van der Waals surface area contributed by atoms with Crippen LogP contribution in [0.4, 0.5) is 0 Å². The second-order valence-corrected chi connectivity index (χ2v) is 8.55. The van der Waals surface area contributed by atoms with Gasteiger partial charge in [-0.1, -0.05) is 19.1 Å². The minimum atomic E-state index is -0.509. The average molecular weight is 306 g/mol. The Morgan fingerprint density at radius 2 is 1.91 bits per heavy atom. The highest BCUT2D eigenvalue weighted by Gasteiger charge is 2.67. The third-order valence-corrected chi connectivity index (χ3v) is 6.64. The van der Waals surface area contributed by atoms with Crippen molar-refractivity contribution >= 4 is 5.97 Å². The van der Waals surface area contributed by atoms with E-state index in [9.17, 15) is 4.79 Å². The van der Waals surface area contributed by atoms with Gasteiger partial charge in [0, 0.05) is 11.3 Å². The lowest BCUT2D eigenvalue weighted by Gasteiger charge is -2.54. The molecule has 0 aromatic rings. The zero-order valence-electron chi connectivity index (χ0n) is 14.1. The molecule has 3 fully saturated rings. The van der Waals surface area contributed by atoms with Crippen LogP contribution in [0.5, 0.6) is 0 Å². The monoisotopic (exact) mass is 306 g/mol. The van der Waals surface area contributed by atoms with Gasteiger partial charge in [-0.15, -0.1) is 0 Å². The fourth-order valence-corrected chi connectivity index (χ4v) is 5.68. The van der Waals surface area contributed by atoms with Crippen molar-refractivity contribution in [3.05, 3.63) is 12.2 Å². The number of rotatable bonds is 1.